The summed E-state index contributed by atoms with van der Waals surface area (Å²) >= 11 is 0.981. The zero-order chi connectivity index (χ0) is 23.8. The van der Waals surface area contributed by atoms with Gasteiger partial charge in [0.25, 0.3) is 0 Å². The van der Waals surface area contributed by atoms with Crippen LogP contribution >= 0.6 is 11.8 Å². The van der Waals surface area contributed by atoms with Crippen LogP contribution in [0.1, 0.15) is 27.7 Å². The number of hydrogen-bond acceptors (Lipinski definition) is 12. The monoisotopic (exact) mass is 482 g/mol. The Morgan fingerprint density at radius 3 is 1.90 bits per heavy atom. The molecule has 0 unspecified atom stereocenters. The number of carbonyl (C=O) groups is 4. The van der Waals surface area contributed by atoms with Gasteiger partial charge in [0.15, 0.2) is 28.1 Å². The molecule has 1 fully saturated rings. The van der Waals surface area contributed by atoms with E-state index in [4.69, 9.17) is 23.7 Å². The van der Waals surface area contributed by atoms with Crippen molar-refractivity contribution in [1.82, 2.24) is 0 Å². The number of esters is 4. The number of thioether (sulfide) groups is 1. The molecule has 1 heterocycles. The van der Waals surface area contributed by atoms with Gasteiger partial charge in [-0.05, 0) is 0 Å². The van der Waals surface area contributed by atoms with Gasteiger partial charge in [0.05, 0.1) is 5.75 Å². The van der Waals surface area contributed by atoms with Gasteiger partial charge in [-0.15, -0.1) is 11.8 Å². The van der Waals surface area contributed by atoms with E-state index in [0.29, 0.717) is 0 Å². The summed E-state index contributed by atoms with van der Waals surface area (Å²) in [4.78, 5) is 46.3. The van der Waals surface area contributed by atoms with Crippen molar-refractivity contribution in [2.45, 2.75) is 57.5 Å². The summed E-state index contributed by atoms with van der Waals surface area (Å²) in [5.74, 6) is -3.07. The van der Waals surface area contributed by atoms with E-state index in [1.165, 1.54) is 6.92 Å². The van der Waals surface area contributed by atoms with Crippen LogP contribution in [0.15, 0.2) is 12.0 Å². The summed E-state index contributed by atoms with van der Waals surface area (Å²) in [5.41, 5.74) is -1.01. The third-order valence-electron chi connectivity index (χ3n) is 3.85. The molecule has 5 atom stereocenters. The van der Waals surface area contributed by atoms with E-state index in [0.717, 1.165) is 37.9 Å². The van der Waals surface area contributed by atoms with Crippen LogP contribution < -0.4 is 0 Å². The van der Waals surface area contributed by atoms with Crippen LogP contribution in [-0.4, -0.2) is 80.3 Å². The first-order valence-electron chi connectivity index (χ1n) is 9.13. The van der Waals surface area contributed by atoms with Gasteiger partial charge in [0.1, 0.15) is 18.1 Å². The van der Waals surface area contributed by atoms with Crippen molar-refractivity contribution >= 4 is 45.5 Å². The van der Waals surface area contributed by atoms with Crippen molar-refractivity contribution in [2.75, 3.05) is 18.1 Å². The second-order valence-corrected chi connectivity index (χ2v) is 9.75. The maximum absolute atomic E-state index is 11.7. The Hall–Kier alpha value is -2.12. The highest BCUT2D eigenvalue weighted by Crippen LogP contribution is 2.34. The predicted molar refractivity (Wildman–Crippen MR) is 108 cm³/mol. The predicted octanol–water partition coefficient (Wildman–Crippen LogP) is 0.361. The fourth-order valence-electron chi connectivity index (χ4n) is 2.69. The molecule has 0 radical (unpaired) electrons. The van der Waals surface area contributed by atoms with Gasteiger partial charge in [-0.1, -0.05) is 6.58 Å². The van der Waals surface area contributed by atoms with Gasteiger partial charge in [-0.2, -0.15) is 0 Å². The summed E-state index contributed by atoms with van der Waals surface area (Å²) in [6, 6.07) is 0. The molecule has 0 aliphatic carbocycles. The van der Waals surface area contributed by atoms with Crippen LogP contribution in [0, 0.1) is 0 Å². The summed E-state index contributed by atoms with van der Waals surface area (Å²) in [5, 5.41) is 0.820. The maximum atomic E-state index is 11.7. The lowest BCUT2D eigenvalue weighted by molar-refractivity contribution is -0.237. The number of rotatable bonds is 10. The van der Waals surface area contributed by atoms with Crippen molar-refractivity contribution < 1.29 is 51.3 Å². The standard InChI is InChI=1S/C18H26O11S2/c1-6-31(23,24)8-7-30-18-17(28-13(5)22)16(27-12(4)21)15(26-11(3)20)14(29-18)9-25-10(2)19/h6,14-18H,1,7-9H2,2-5H3/t14-,15-,16+,17-,18+/m1/s1. The molecule has 13 heteroatoms. The lowest BCUT2D eigenvalue weighted by atomic mass is 9.99. The Bertz CT molecular complexity index is 792. The Morgan fingerprint density at radius 2 is 1.42 bits per heavy atom. The van der Waals surface area contributed by atoms with Crippen molar-refractivity contribution in [3.05, 3.63) is 12.0 Å². The highest BCUT2D eigenvalue weighted by atomic mass is 32.2. The molecule has 0 aromatic carbocycles. The van der Waals surface area contributed by atoms with Crippen LogP contribution in [0.2, 0.25) is 0 Å². The SMILES string of the molecule is C=CS(=O)(=O)CCS[C@@H]1O[C@H](COC(C)=O)[C@@H](OC(C)=O)[C@H](OC(C)=O)[C@H]1OC(C)=O. The van der Waals surface area contributed by atoms with E-state index in [1.807, 2.05) is 0 Å². The van der Waals surface area contributed by atoms with Crippen molar-refractivity contribution in [3.63, 3.8) is 0 Å². The molecule has 0 bridgehead atoms. The highest BCUT2D eigenvalue weighted by molar-refractivity contribution is 8.01. The van der Waals surface area contributed by atoms with Gasteiger partial charge in [0, 0.05) is 38.9 Å². The largest absolute Gasteiger partial charge is 0.463 e. The number of carbonyl (C=O) groups excluding carboxylic acids is 4. The van der Waals surface area contributed by atoms with Crippen molar-refractivity contribution in [2.24, 2.45) is 0 Å². The minimum absolute atomic E-state index is 0.0299. The van der Waals surface area contributed by atoms with E-state index < -0.39 is 63.6 Å². The molecule has 1 rings (SSSR count). The fraction of sp³-hybridized carbons (Fsp3) is 0.667. The molecule has 11 nitrogen and oxygen atoms in total. The zero-order valence-electron chi connectivity index (χ0n) is 17.6. The summed E-state index contributed by atoms with van der Waals surface area (Å²) < 4.78 is 50.0. The molecular formula is C18H26O11S2. The normalized spacial score (nSPS) is 25.7. The molecule has 1 aliphatic heterocycles. The van der Waals surface area contributed by atoms with Gasteiger partial charge in [0.2, 0.25) is 0 Å². The van der Waals surface area contributed by atoms with Crippen LogP contribution in [0.25, 0.3) is 0 Å². The van der Waals surface area contributed by atoms with Crippen LogP contribution in [-0.2, 0) is 52.7 Å². The Kier molecular flexibility index (Phi) is 10.5. The number of sulfone groups is 1. The quantitative estimate of drug-likeness (QED) is 0.312. The minimum Gasteiger partial charge on any atom is -0.463 e. The van der Waals surface area contributed by atoms with E-state index >= 15 is 0 Å². The van der Waals surface area contributed by atoms with Gasteiger partial charge < -0.3 is 23.7 Å². The molecule has 0 aromatic heterocycles. The van der Waals surface area contributed by atoms with Gasteiger partial charge in [-0.3, -0.25) is 19.2 Å². The minimum atomic E-state index is -3.50. The van der Waals surface area contributed by atoms with Crippen molar-refractivity contribution in [3.8, 4) is 0 Å². The lowest BCUT2D eigenvalue weighted by Gasteiger charge is -2.44. The smallest absolute Gasteiger partial charge is 0.303 e. The van der Waals surface area contributed by atoms with E-state index in [-0.39, 0.29) is 18.1 Å². The highest BCUT2D eigenvalue weighted by Gasteiger charge is 2.52. The van der Waals surface area contributed by atoms with E-state index in [1.54, 1.807) is 0 Å². The first-order chi connectivity index (χ1) is 14.4. The average molecular weight is 483 g/mol. The molecule has 0 saturated carbocycles. The molecule has 0 spiro atoms. The maximum Gasteiger partial charge on any atom is 0.303 e. The topological polar surface area (TPSA) is 149 Å². The van der Waals surface area contributed by atoms with Gasteiger partial charge in [-0.25, -0.2) is 8.42 Å². The Labute approximate surface area is 184 Å². The van der Waals surface area contributed by atoms with Gasteiger partial charge >= 0.3 is 23.9 Å². The molecule has 176 valence electrons. The van der Waals surface area contributed by atoms with E-state index in [9.17, 15) is 27.6 Å². The molecular weight excluding hydrogens is 456 g/mol. The molecule has 0 amide bonds. The molecule has 0 N–H and O–H groups in total. The number of ether oxygens (including phenoxy) is 5. The summed E-state index contributed by atoms with van der Waals surface area (Å²) in [6.45, 7) is 7.42. The van der Waals surface area contributed by atoms with Crippen molar-refractivity contribution in [1.29, 1.82) is 0 Å². The summed E-state index contributed by atoms with van der Waals surface area (Å²) in [7, 11) is -3.50. The fourth-order valence-corrected chi connectivity index (χ4v) is 5.02. The second kappa shape index (κ2) is 12.1. The molecule has 31 heavy (non-hydrogen) atoms. The molecule has 1 saturated heterocycles. The van der Waals surface area contributed by atoms with Crippen LogP contribution in [0.3, 0.4) is 0 Å². The first-order valence-corrected chi connectivity index (χ1v) is 11.9. The lowest BCUT2D eigenvalue weighted by Crippen LogP contribution is -2.61. The number of hydrogen-bond donors (Lipinski definition) is 0. The third-order valence-corrected chi connectivity index (χ3v) is 6.54. The molecule has 1 aliphatic rings. The first kappa shape index (κ1) is 26.9. The van der Waals surface area contributed by atoms with E-state index in [2.05, 4.69) is 6.58 Å². The average Bonchev–Trinajstić information content (AvgIpc) is 2.63. The third kappa shape index (κ3) is 9.27. The van der Waals surface area contributed by atoms with Crippen LogP contribution in [0.5, 0.6) is 0 Å². The molecule has 0 aromatic rings. The second-order valence-electron chi connectivity index (χ2n) is 6.47. The zero-order valence-corrected chi connectivity index (χ0v) is 19.2. The Balaban J connectivity index is 3.25. The Morgan fingerprint density at radius 1 is 0.903 bits per heavy atom. The van der Waals surface area contributed by atoms with Crippen LogP contribution in [0.4, 0.5) is 0 Å². The summed E-state index contributed by atoms with van der Waals surface area (Å²) in [6.07, 6.45) is -4.83.